The van der Waals surface area contributed by atoms with E-state index in [0.717, 1.165) is 45.1 Å². The van der Waals surface area contributed by atoms with Gasteiger partial charge in [0.25, 0.3) is 0 Å². The Hall–Kier alpha value is -1.10. The predicted molar refractivity (Wildman–Crippen MR) is 94.4 cm³/mol. The summed E-state index contributed by atoms with van der Waals surface area (Å²) in [5.41, 5.74) is 7.23. The average Bonchev–Trinajstić information content (AvgIpc) is 2.57. The lowest BCUT2D eigenvalue weighted by atomic mass is 10.1. The molecule has 0 fully saturated rings. The normalized spacial score (nSPS) is 12.9. The lowest BCUT2D eigenvalue weighted by molar-refractivity contribution is 0.220. The molecule has 4 heteroatoms. The lowest BCUT2D eigenvalue weighted by Gasteiger charge is -2.29. The summed E-state index contributed by atoms with van der Waals surface area (Å²) in [6.07, 6.45) is 0. The van der Waals surface area contributed by atoms with Crippen LogP contribution in [0, 0.1) is 0 Å². The number of ether oxygens (including phenoxy) is 1. The van der Waals surface area contributed by atoms with Crippen molar-refractivity contribution in [2.24, 2.45) is 5.73 Å². The second-order valence-electron chi connectivity index (χ2n) is 5.42. The highest BCUT2D eigenvalue weighted by Gasteiger charge is 2.15. The quantitative estimate of drug-likeness (QED) is 0.682. The van der Waals surface area contributed by atoms with Crippen LogP contribution >= 0.6 is 0 Å². The van der Waals surface area contributed by atoms with Crippen molar-refractivity contribution in [1.29, 1.82) is 0 Å². The zero-order valence-electron chi connectivity index (χ0n) is 14.7. The third-order valence-corrected chi connectivity index (χ3v) is 4.31. The lowest BCUT2D eigenvalue weighted by Crippen LogP contribution is -2.33. The van der Waals surface area contributed by atoms with Crippen molar-refractivity contribution < 1.29 is 4.74 Å². The molecular formula is C18H33N3O. The van der Waals surface area contributed by atoms with Crippen LogP contribution in [0.1, 0.15) is 39.3 Å². The molecule has 4 nitrogen and oxygen atoms in total. The minimum Gasteiger partial charge on any atom is -0.492 e. The van der Waals surface area contributed by atoms with Crippen molar-refractivity contribution in [1.82, 2.24) is 9.80 Å². The summed E-state index contributed by atoms with van der Waals surface area (Å²) >= 11 is 0. The van der Waals surface area contributed by atoms with E-state index in [0.29, 0.717) is 12.6 Å². The number of rotatable bonds is 11. The molecule has 0 aliphatic rings. The van der Waals surface area contributed by atoms with Gasteiger partial charge in [0.1, 0.15) is 12.4 Å². The van der Waals surface area contributed by atoms with Crippen LogP contribution in [0.2, 0.25) is 0 Å². The highest BCUT2D eigenvalue weighted by molar-refractivity contribution is 5.29. The zero-order valence-corrected chi connectivity index (χ0v) is 14.7. The third-order valence-electron chi connectivity index (χ3n) is 4.31. The van der Waals surface area contributed by atoms with Crippen molar-refractivity contribution in [3.8, 4) is 5.75 Å². The minimum atomic E-state index is 0.291. The van der Waals surface area contributed by atoms with E-state index in [9.17, 15) is 0 Å². The van der Waals surface area contributed by atoms with Gasteiger partial charge in [0.2, 0.25) is 0 Å². The fourth-order valence-electron chi connectivity index (χ4n) is 2.78. The molecule has 1 unspecified atom stereocenters. The second-order valence-corrected chi connectivity index (χ2v) is 5.42. The van der Waals surface area contributed by atoms with E-state index in [1.165, 1.54) is 5.56 Å². The average molecular weight is 307 g/mol. The molecule has 1 aromatic rings. The summed E-state index contributed by atoms with van der Waals surface area (Å²) in [5.74, 6) is 0.936. The molecule has 1 atom stereocenters. The first kappa shape index (κ1) is 18.9. The van der Waals surface area contributed by atoms with Crippen molar-refractivity contribution in [2.75, 3.05) is 45.9 Å². The number of nitrogens with two attached hydrogens (primary N) is 1. The first-order valence-corrected chi connectivity index (χ1v) is 8.59. The molecule has 1 rings (SSSR count). The molecule has 126 valence electrons. The summed E-state index contributed by atoms with van der Waals surface area (Å²) in [5, 5.41) is 0. The molecule has 0 amide bonds. The van der Waals surface area contributed by atoms with Crippen LogP contribution in [-0.4, -0.2) is 55.7 Å². The summed E-state index contributed by atoms with van der Waals surface area (Å²) in [6.45, 7) is 15.2. The Morgan fingerprint density at radius 1 is 0.955 bits per heavy atom. The van der Waals surface area contributed by atoms with Gasteiger partial charge in [0.05, 0.1) is 0 Å². The summed E-state index contributed by atoms with van der Waals surface area (Å²) < 4.78 is 5.84. The van der Waals surface area contributed by atoms with Gasteiger partial charge >= 0.3 is 0 Å². The summed E-state index contributed by atoms with van der Waals surface area (Å²) in [6, 6.07) is 8.69. The van der Waals surface area contributed by atoms with E-state index >= 15 is 0 Å². The third kappa shape index (κ3) is 5.59. The standard InChI is InChI=1S/C18H33N3O/c1-5-20(6-2)13-14-22-17-11-9-16(10-12-17)18(15-19)21(7-3)8-4/h9-12,18H,5-8,13-15,19H2,1-4H3. The van der Waals surface area contributed by atoms with Gasteiger partial charge in [0, 0.05) is 19.1 Å². The molecule has 1 aromatic carbocycles. The molecule has 0 spiro atoms. The largest absolute Gasteiger partial charge is 0.492 e. The molecule has 0 aromatic heterocycles. The van der Waals surface area contributed by atoms with Gasteiger partial charge in [0.15, 0.2) is 0 Å². The number of nitrogens with zero attached hydrogens (tertiary/aromatic N) is 2. The summed E-state index contributed by atoms with van der Waals surface area (Å²) in [7, 11) is 0. The van der Waals surface area contributed by atoms with Gasteiger partial charge in [-0.25, -0.2) is 0 Å². The van der Waals surface area contributed by atoms with E-state index in [-0.39, 0.29) is 0 Å². The van der Waals surface area contributed by atoms with Crippen LogP contribution in [0.3, 0.4) is 0 Å². The highest BCUT2D eigenvalue weighted by Crippen LogP contribution is 2.22. The predicted octanol–water partition coefficient (Wildman–Crippen LogP) is 2.75. The first-order chi connectivity index (χ1) is 10.7. The topological polar surface area (TPSA) is 41.7 Å². The van der Waals surface area contributed by atoms with E-state index in [1.807, 2.05) is 0 Å². The molecule has 0 radical (unpaired) electrons. The van der Waals surface area contributed by atoms with Gasteiger partial charge in [-0.05, 0) is 43.9 Å². The fraction of sp³-hybridized carbons (Fsp3) is 0.667. The van der Waals surface area contributed by atoms with Crippen LogP contribution < -0.4 is 10.5 Å². The van der Waals surface area contributed by atoms with E-state index in [4.69, 9.17) is 10.5 Å². The van der Waals surface area contributed by atoms with E-state index in [2.05, 4.69) is 61.8 Å². The SMILES string of the molecule is CCN(CC)CCOc1ccc(C(CN)N(CC)CC)cc1. The Morgan fingerprint density at radius 2 is 1.55 bits per heavy atom. The minimum absolute atomic E-state index is 0.291. The Kier molecular flexibility index (Phi) is 9.13. The van der Waals surface area contributed by atoms with Gasteiger partial charge in [-0.3, -0.25) is 4.90 Å². The number of hydrogen-bond acceptors (Lipinski definition) is 4. The molecule has 0 heterocycles. The van der Waals surface area contributed by atoms with Crippen molar-refractivity contribution in [3.05, 3.63) is 29.8 Å². The second kappa shape index (κ2) is 10.6. The zero-order chi connectivity index (χ0) is 16.4. The Labute approximate surface area is 136 Å². The van der Waals surface area contributed by atoms with Gasteiger partial charge in [-0.2, -0.15) is 0 Å². The van der Waals surface area contributed by atoms with Crippen LogP contribution in [-0.2, 0) is 0 Å². The van der Waals surface area contributed by atoms with Crippen LogP contribution in [0.4, 0.5) is 0 Å². The molecular weight excluding hydrogens is 274 g/mol. The molecule has 0 aliphatic carbocycles. The Bertz CT molecular complexity index is 386. The highest BCUT2D eigenvalue weighted by atomic mass is 16.5. The monoisotopic (exact) mass is 307 g/mol. The number of likely N-dealkylation sites (N-methyl/N-ethyl adjacent to an activating group) is 2. The smallest absolute Gasteiger partial charge is 0.119 e. The van der Waals surface area contributed by atoms with Gasteiger partial charge in [-0.15, -0.1) is 0 Å². The number of benzene rings is 1. The van der Waals surface area contributed by atoms with Crippen molar-refractivity contribution in [2.45, 2.75) is 33.7 Å². The molecule has 2 N–H and O–H groups in total. The summed E-state index contributed by atoms with van der Waals surface area (Å²) in [4.78, 5) is 4.75. The molecule has 0 aliphatic heterocycles. The van der Waals surface area contributed by atoms with Crippen molar-refractivity contribution >= 4 is 0 Å². The van der Waals surface area contributed by atoms with E-state index < -0.39 is 0 Å². The fourth-order valence-corrected chi connectivity index (χ4v) is 2.78. The molecule has 0 bridgehead atoms. The van der Waals surface area contributed by atoms with Crippen molar-refractivity contribution in [3.63, 3.8) is 0 Å². The van der Waals surface area contributed by atoms with Gasteiger partial charge < -0.3 is 15.4 Å². The molecule has 0 saturated heterocycles. The van der Waals surface area contributed by atoms with Gasteiger partial charge in [-0.1, -0.05) is 39.8 Å². The maximum Gasteiger partial charge on any atom is 0.119 e. The van der Waals surface area contributed by atoms with Crippen LogP contribution in [0.15, 0.2) is 24.3 Å². The maximum absolute atomic E-state index is 5.96. The first-order valence-electron chi connectivity index (χ1n) is 8.59. The maximum atomic E-state index is 5.96. The molecule has 0 saturated carbocycles. The van der Waals surface area contributed by atoms with E-state index in [1.54, 1.807) is 0 Å². The number of hydrogen-bond donors (Lipinski definition) is 1. The Morgan fingerprint density at radius 3 is 2.00 bits per heavy atom. The van der Waals surface area contributed by atoms with Crippen LogP contribution in [0.25, 0.3) is 0 Å². The Balaban J connectivity index is 2.58. The molecule has 22 heavy (non-hydrogen) atoms. The van der Waals surface area contributed by atoms with Crippen LogP contribution in [0.5, 0.6) is 5.75 Å².